The fourth-order valence-electron chi connectivity index (χ4n) is 11.6. The third-order valence-corrected chi connectivity index (χ3v) is 20.7. The van der Waals surface area contributed by atoms with Gasteiger partial charge < -0.3 is 130 Å². The van der Waals surface area contributed by atoms with Crippen molar-refractivity contribution < 1.29 is 141 Å². The van der Waals surface area contributed by atoms with Gasteiger partial charge in [-0.15, -0.1) is 0 Å². The van der Waals surface area contributed by atoms with E-state index >= 15 is 0 Å². The summed E-state index contributed by atoms with van der Waals surface area (Å²) in [5.74, 6) is -3.10. The number of carboxylic acid groups (broad SMARTS) is 2. The number of oxazole rings is 10. The highest BCUT2D eigenvalue weighted by molar-refractivity contribution is 6.76. The molecule has 0 saturated carbocycles. The van der Waals surface area contributed by atoms with E-state index in [1.807, 2.05) is 39.8 Å². The first-order valence-electron chi connectivity index (χ1n) is 42.7. The van der Waals surface area contributed by atoms with E-state index in [0.717, 1.165) is 37.6 Å². The maximum absolute atomic E-state index is 13.0. The van der Waals surface area contributed by atoms with Gasteiger partial charge in [0.25, 0.3) is 11.8 Å². The molecular formula is C86H121N17O30Si2. The molecule has 0 aliphatic carbocycles. The number of rotatable bonds is 35. The van der Waals surface area contributed by atoms with Crippen LogP contribution in [-0.2, 0) is 40.9 Å². The summed E-state index contributed by atoms with van der Waals surface area (Å²) in [6.07, 6.45) is 8.20. The van der Waals surface area contributed by atoms with Crippen molar-refractivity contribution in [1.82, 2.24) is 86.6 Å². The third-order valence-electron chi connectivity index (χ3n) is 17.7. The van der Waals surface area contributed by atoms with E-state index in [1.165, 1.54) is 26.7 Å². The summed E-state index contributed by atoms with van der Waals surface area (Å²) in [6.45, 7) is 41.3. The Morgan fingerprint density at radius 2 is 0.711 bits per heavy atom. The largest absolute Gasteiger partial charge is 0.476 e. The molecule has 135 heavy (non-hydrogen) atoms. The second-order valence-electron chi connectivity index (χ2n) is 36.9. The number of carboxylic acids is 2. The molecule has 47 nitrogen and oxygen atoms in total. The molecule has 7 unspecified atom stereocenters. The van der Waals surface area contributed by atoms with Crippen LogP contribution < -0.4 is 31.9 Å². The Balaban J connectivity index is 0.000000246. The molecule has 49 heteroatoms. The lowest BCUT2D eigenvalue weighted by Gasteiger charge is -2.26. The Morgan fingerprint density at radius 1 is 0.393 bits per heavy atom. The van der Waals surface area contributed by atoms with Crippen molar-refractivity contribution in [2.24, 2.45) is 0 Å². The molecule has 0 spiro atoms. The van der Waals surface area contributed by atoms with Crippen LogP contribution in [0.15, 0.2) is 94.3 Å². The highest BCUT2D eigenvalue weighted by Gasteiger charge is 2.37. The maximum Gasteiger partial charge on any atom is 0.408 e. The summed E-state index contributed by atoms with van der Waals surface area (Å²) >= 11 is 0. The summed E-state index contributed by atoms with van der Waals surface area (Å²) in [7, 11) is 2.81. The van der Waals surface area contributed by atoms with Crippen molar-refractivity contribution >= 4 is 76.2 Å². The molecule has 0 saturated heterocycles. The van der Waals surface area contributed by atoms with Gasteiger partial charge in [0, 0.05) is 27.1 Å². The molecule has 0 radical (unpaired) electrons. The minimum Gasteiger partial charge on any atom is -0.476 e. The second-order valence-corrected chi connectivity index (χ2v) is 47.9. The highest BCUT2D eigenvalue weighted by atomic mass is 28.3. The molecule has 0 aliphatic heterocycles. The van der Waals surface area contributed by atoms with Crippen LogP contribution in [0.5, 0.6) is 0 Å². The summed E-state index contributed by atoms with van der Waals surface area (Å²) < 4.78 is 85.4. The van der Waals surface area contributed by atoms with Crippen molar-refractivity contribution in [2.45, 2.75) is 259 Å². The number of nitrogens with zero attached hydrogens (tertiary/aromatic N) is 11. The summed E-state index contributed by atoms with van der Waals surface area (Å²) in [5.41, 5.74) is -2.18. The van der Waals surface area contributed by atoms with Crippen molar-refractivity contribution in [3.05, 3.63) is 131 Å². The number of likely N-dealkylation sites (N-methyl/N-ethyl adjacent to an activating group) is 1. The lowest BCUT2D eigenvalue weighted by molar-refractivity contribution is 0.0483. The number of aromatic nitrogens is 10. The zero-order chi connectivity index (χ0) is 101. The van der Waals surface area contributed by atoms with Gasteiger partial charge in [-0.05, 0) is 129 Å². The van der Waals surface area contributed by atoms with Gasteiger partial charge in [-0.2, -0.15) is 0 Å². The number of hydrogen-bond acceptors (Lipinski definition) is 39. The zero-order valence-corrected chi connectivity index (χ0v) is 82.3. The van der Waals surface area contributed by atoms with Crippen LogP contribution in [0.2, 0.25) is 45.3 Å². The maximum atomic E-state index is 13.0. The van der Waals surface area contributed by atoms with E-state index in [9.17, 15) is 58.2 Å². The number of esters is 2. The number of aromatic carboxylic acids is 2. The predicted octanol–water partition coefficient (Wildman–Crippen LogP) is 14.3. The molecule has 738 valence electrons. The minimum absolute atomic E-state index is 0.0305. The zero-order valence-electron chi connectivity index (χ0n) is 80.3. The van der Waals surface area contributed by atoms with E-state index in [4.69, 9.17) is 73.3 Å². The van der Waals surface area contributed by atoms with Crippen LogP contribution >= 0.6 is 0 Å². The van der Waals surface area contributed by atoms with Crippen LogP contribution in [0.3, 0.4) is 0 Å². The van der Waals surface area contributed by atoms with Crippen molar-refractivity contribution in [3.63, 3.8) is 0 Å². The summed E-state index contributed by atoms with van der Waals surface area (Å²) in [5, 5.41) is 54.7. The molecular weight excluding hydrogens is 1810 g/mol. The van der Waals surface area contributed by atoms with Crippen LogP contribution in [0.4, 0.5) is 19.2 Å². The number of nitrogens with one attached hydrogen (secondary N) is 6. The van der Waals surface area contributed by atoms with Crippen molar-refractivity contribution in [1.29, 1.82) is 0 Å². The summed E-state index contributed by atoms with van der Waals surface area (Å²) in [6, 6.07) is -3.29. The van der Waals surface area contributed by atoms with Gasteiger partial charge in [0.2, 0.25) is 58.9 Å². The first-order valence-corrected chi connectivity index (χ1v) is 50.2. The normalized spacial score (nSPS) is 13.4. The van der Waals surface area contributed by atoms with Crippen LogP contribution in [0, 0.1) is 0 Å². The smallest absolute Gasteiger partial charge is 0.408 e. The average molecular weight is 1930 g/mol. The van der Waals surface area contributed by atoms with Crippen molar-refractivity contribution in [3.8, 4) is 46.3 Å². The van der Waals surface area contributed by atoms with Gasteiger partial charge in [-0.1, -0.05) is 67.0 Å². The number of carbonyl (C=O) groups is 10. The lowest BCUT2D eigenvalue weighted by Crippen LogP contribution is -2.40. The van der Waals surface area contributed by atoms with Crippen LogP contribution in [0.1, 0.15) is 283 Å². The number of aliphatic hydroxyl groups is 2. The quantitative estimate of drug-likeness (QED) is 0.0100. The average Bonchev–Trinajstić information content (AvgIpc) is 1.64. The van der Waals surface area contributed by atoms with Gasteiger partial charge in [-0.3, -0.25) is 9.59 Å². The second kappa shape index (κ2) is 46.8. The van der Waals surface area contributed by atoms with E-state index in [0.29, 0.717) is 79.3 Å². The van der Waals surface area contributed by atoms with Gasteiger partial charge >= 0.3 is 48.3 Å². The fraction of sp³-hybridized carbons (Fsp3) is 0.535. The topological polar surface area (TPSA) is 643 Å². The molecule has 0 aromatic carbocycles. The Hall–Kier alpha value is -13.7. The number of hydrogen-bond donors (Lipinski definition) is 10. The SMILES string of the molecule is CCC(NC(=O)OC(C)(C)C)c1nc(-c2nc(-c3nc(C(=O)O)co3)c(CCN(C)C)o2)co1.CCC(NC(=O)OC(C)(C)C)c1nc(-c2nc(-c3nc(C(=O)O)co3)c(C[Si](C)(C)C)o2)co1.CCC(NC(=O)OC(C)(C)C)c1nc(C(=O)NC(CO)c2nc(C(=O)OC)co2)co1.CCC(NC(=O)OC(C)(C)C)c1nc(C(=O)NC(c2nc(C(=O)OC)co2)C(O)C[Si](C)(C)C)co1. The predicted molar refractivity (Wildman–Crippen MR) is 478 cm³/mol. The monoisotopic (exact) mass is 1930 g/mol. The van der Waals surface area contributed by atoms with Crippen LogP contribution in [-0.4, -0.2) is 221 Å². The van der Waals surface area contributed by atoms with Gasteiger partial charge in [0.05, 0.1) is 35.0 Å². The first kappa shape index (κ1) is 108. The van der Waals surface area contributed by atoms with E-state index in [-0.39, 0.29) is 98.8 Å². The van der Waals surface area contributed by atoms with Crippen LogP contribution in [0.25, 0.3) is 46.3 Å². The van der Waals surface area contributed by atoms with Crippen molar-refractivity contribution in [2.75, 3.05) is 41.5 Å². The molecule has 0 aliphatic rings. The van der Waals surface area contributed by atoms with Gasteiger partial charge in [-0.25, -0.2) is 88.2 Å². The number of amides is 6. The lowest BCUT2D eigenvalue weighted by atomic mass is 10.1. The standard InChI is InChI=1S/C23H36N4O8Si.C22H29N5O7.C22H30N4O7Si.C19H26N4O8/c1-9-13(26-22(31)35-23(2,3)4)19-24-14(10-33-19)18(29)27-17(16(28)12-36(6,7)8)20-25-15(11-34-20)21(30)32-5;1-7-12(25-21(30)34-22(2,3)4)17-23-13(10-31-17)18-26-16(15(33-18)8-9-27(5)6)19-24-14(11-32-19)20(28)29;1-8-12(25-21(29)33-22(2,3)4)17-23-13(9-30-17)18-26-16(15(32-18)11-34(5,6)7)19-24-14(10-31-19)20(27)28;1-6-10(23-18(27)31-19(2,3)4)15-21-12(8-29-15)14(25)20-11(7-24)16-22-13(9-30-16)17(26)28-5/h10-11,13,16-17,28H,9,12H2,1-8H3,(H,26,31)(H,27,29);10-12H,7-9H2,1-6H3,(H,25,30)(H,28,29);9-10,12H,8,11H2,1-7H3,(H,25,29)(H,27,28);8-11,24H,6-7H2,1-5H3,(H,20,25)(H,23,27). The number of methoxy groups -OCH3 is 2. The van der Waals surface area contributed by atoms with Gasteiger partial charge in [0.15, 0.2) is 56.9 Å². The Morgan fingerprint density at radius 3 is 1.04 bits per heavy atom. The molecule has 10 aromatic rings. The summed E-state index contributed by atoms with van der Waals surface area (Å²) in [4.78, 5) is 164. The van der Waals surface area contributed by atoms with E-state index in [1.54, 1.807) is 90.0 Å². The highest BCUT2D eigenvalue weighted by Crippen LogP contribution is 2.35. The van der Waals surface area contributed by atoms with E-state index < -0.39 is 148 Å². The Labute approximate surface area is 778 Å². The molecule has 7 atom stereocenters. The van der Waals surface area contributed by atoms with Gasteiger partial charge in [0.1, 0.15) is 120 Å². The molecule has 10 aromatic heterocycles. The molecule has 10 N–H and O–H groups in total. The Bertz CT molecular complexity index is 5630. The number of aliphatic hydroxyl groups excluding tert-OH is 2. The molecule has 10 heterocycles. The minimum atomic E-state index is -1.77. The third kappa shape index (κ3) is 33.8. The number of carbonyl (C=O) groups excluding carboxylic acids is 8. The Kier molecular flexibility index (Phi) is 37.6. The van der Waals surface area contributed by atoms with E-state index in [2.05, 4.69) is 130 Å². The number of alkyl carbamates (subject to hydrolysis) is 4. The molecule has 0 fully saturated rings. The molecule has 6 amide bonds. The molecule has 10 rings (SSSR count). The fourth-order valence-corrected chi connectivity index (χ4v) is 14.3. The number of ether oxygens (including phenoxy) is 6. The first-order chi connectivity index (χ1) is 62.9. The molecule has 0 bridgehead atoms.